The van der Waals surface area contributed by atoms with Gasteiger partial charge in [-0.15, -0.1) is 5.10 Å². The number of unbranched alkanes of at least 4 members (excludes halogenated alkanes) is 2. The van der Waals surface area contributed by atoms with Gasteiger partial charge in [-0.1, -0.05) is 37.9 Å². The zero-order chi connectivity index (χ0) is 24.7. The van der Waals surface area contributed by atoms with Gasteiger partial charge in [0.25, 0.3) is 5.91 Å². The van der Waals surface area contributed by atoms with Crippen molar-refractivity contribution < 1.29 is 17.6 Å². The van der Waals surface area contributed by atoms with E-state index in [0.717, 1.165) is 42.4 Å². The van der Waals surface area contributed by atoms with E-state index in [-0.39, 0.29) is 10.9 Å². The molecule has 1 aromatic heterocycles. The molecule has 3 rings (SSSR count). The molecule has 0 spiro atoms. The van der Waals surface area contributed by atoms with Gasteiger partial charge in [-0.3, -0.25) is 10.1 Å². The monoisotopic (exact) mass is 484 g/mol. The van der Waals surface area contributed by atoms with Crippen LogP contribution in [0.15, 0.2) is 51.8 Å². The third-order valence-electron chi connectivity index (χ3n) is 5.68. The summed E-state index contributed by atoms with van der Waals surface area (Å²) in [6, 6.07) is 11.7. The highest BCUT2D eigenvalue weighted by atomic mass is 32.2. The number of carbonyl (C=O) groups excluding carboxylic acids is 1. The Kier molecular flexibility index (Phi) is 8.57. The summed E-state index contributed by atoms with van der Waals surface area (Å²) >= 11 is 0. The van der Waals surface area contributed by atoms with Crippen LogP contribution in [0.3, 0.4) is 0 Å². The van der Waals surface area contributed by atoms with Crippen molar-refractivity contribution in [2.45, 2.75) is 58.3 Å². The van der Waals surface area contributed by atoms with Gasteiger partial charge in [0.1, 0.15) is 0 Å². The van der Waals surface area contributed by atoms with Crippen LogP contribution >= 0.6 is 0 Å². The van der Waals surface area contributed by atoms with Gasteiger partial charge in [0, 0.05) is 24.2 Å². The molecule has 0 aliphatic heterocycles. The van der Waals surface area contributed by atoms with Crippen LogP contribution in [0.2, 0.25) is 0 Å². The van der Waals surface area contributed by atoms with Gasteiger partial charge in [-0.2, -0.15) is 4.31 Å². The average molecular weight is 485 g/mol. The molecule has 34 heavy (non-hydrogen) atoms. The van der Waals surface area contributed by atoms with Gasteiger partial charge in [-0.05, 0) is 74.2 Å². The molecule has 1 amide bonds. The number of nitrogens with zero attached hydrogens (tertiary/aromatic N) is 3. The number of aryl methyl sites for hydroxylation is 2. The first-order valence-electron chi connectivity index (χ1n) is 11.6. The quantitative estimate of drug-likeness (QED) is 0.401. The lowest BCUT2D eigenvalue weighted by molar-refractivity contribution is 0.102. The SMILES string of the molecule is CCCCN(CCCC)S(=O)(=O)c1ccc(C(=O)Nc2nnc(-c3ccc(C)c(C)c3)o2)cc1. The summed E-state index contributed by atoms with van der Waals surface area (Å²) in [4.78, 5) is 12.8. The van der Waals surface area contributed by atoms with E-state index in [1.54, 1.807) is 0 Å². The van der Waals surface area contributed by atoms with Crippen LogP contribution in [0.1, 0.15) is 61.0 Å². The molecule has 0 saturated heterocycles. The van der Waals surface area contributed by atoms with Crippen LogP contribution in [0.5, 0.6) is 0 Å². The van der Waals surface area contributed by atoms with Crippen molar-refractivity contribution in [1.29, 1.82) is 0 Å². The Labute approximate surface area is 201 Å². The molecular weight excluding hydrogens is 452 g/mol. The van der Waals surface area contributed by atoms with E-state index < -0.39 is 15.9 Å². The standard InChI is InChI=1S/C25H32N4O4S/c1-5-7-15-29(16-8-6-2)34(31,32)22-13-11-20(12-14-22)23(30)26-25-28-27-24(33-25)21-10-9-18(3)19(4)17-21/h9-14,17H,5-8,15-16H2,1-4H3,(H,26,28,30). The molecule has 9 heteroatoms. The summed E-state index contributed by atoms with van der Waals surface area (Å²) in [5.41, 5.74) is 3.31. The molecule has 0 unspecified atom stereocenters. The summed E-state index contributed by atoms with van der Waals surface area (Å²) in [6.07, 6.45) is 3.44. The van der Waals surface area contributed by atoms with Crippen LogP contribution < -0.4 is 5.32 Å². The second-order valence-electron chi connectivity index (χ2n) is 8.30. The van der Waals surface area contributed by atoms with Crippen molar-refractivity contribution in [3.05, 3.63) is 59.2 Å². The second-order valence-corrected chi connectivity index (χ2v) is 10.2. The fraction of sp³-hybridized carbons (Fsp3) is 0.400. The summed E-state index contributed by atoms with van der Waals surface area (Å²) in [5.74, 6) is -0.160. The van der Waals surface area contributed by atoms with Gasteiger partial charge in [0.05, 0.1) is 4.90 Å². The van der Waals surface area contributed by atoms with Gasteiger partial charge < -0.3 is 4.42 Å². The molecule has 0 aliphatic carbocycles. The van der Waals surface area contributed by atoms with Crippen molar-refractivity contribution in [3.63, 3.8) is 0 Å². The zero-order valence-corrected chi connectivity index (χ0v) is 21.0. The van der Waals surface area contributed by atoms with Crippen molar-refractivity contribution in [2.75, 3.05) is 18.4 Å². The minimum Gasteiger partial charge on any atom is -0.403 e. The first-order valence-corrected chi connectivity index (χ1v) is 13.0. The summed E-state index contributed by atoms with van der Waals surface area (Å²) in [5, 5.41) is 10.5. The number of anilines is 1. The fourth-order valence-electron chi connectivity index (χ4n) is 3.38. The van der Waals surface area contributed by atoms with Gasteiger partial charge in [0.15, 0.2) is 0 Å². The molecule has 182 valence electrons. The molecule has 2 aromatic carbocycles. The Morgan fingerprint density at radius 2 is 1.59 bits per heavy atom. The zero-order valence-electron chi connectivity index (χ0n) is 20.2. The number of rotatable bonds is 11. The van der Waals surface area contributed by atoms with E-state index in [9.17, 15) is 13.2 Å². The Bertz CT molecular complexity index is 1210. The molecule has 0 aliphatic rings. The highest BCUT2D eigenvalue weighted by Crippen LogP contribution is 2.23. The highest BCUT2D eigenvalue weighted by Gasteiger charge is 2.24. The number of aromatic nitrogens is 2. The van der Waals surface area contributed by atoms with E-state index in [4.69, 9.17) is 4.42 Å². The highest BCUT2D eigenvalue weighted by molar-refractivity contribution is 7.89. The smallest absolute Gasteiger partial charge is 0.322 e. The van der Waals surface area contributed by atoms with Gasteiger partial charge in [0.2, 0.25) is 15.9 Å². The molecule has 8 nitrogen and oxygen atoms in total. The third kappa shape index (κ3) is 6.09. The molecular formula is C25H32N4O4S. The van der Waals surface area contributed by atoms with Gasteiger partial charge in [-0.25, -0.2) is 8.42 Å². The molecule has 3 aromatic rings. The summed E-state index contributed by atoms with van der Waals surface area (Å²) in [7, 11) is -3.62. The predicted octanol–water partition coefficient (Wildman–Crippen LogP) is 5.20. The number of nitrogens with one attached hydrogen (secondary N) is 1. The molecule has 1 heterocycles. The van der Waals surface area contributed by atoms with E-state index in [0.29, 0.717) is 24.5 Å². The van der Waals surface area contributed by atoms with Crippen molar-refractivity contribution in [1.82, 2.24) is 14.5 Å². The maximum atomic E-state index is 13.1. The van der Waals surface area contributed by atoms with Crippen LogP contribution in [-0.4, -0.2) is 41.9 Å². The molecule has 0 saturated carbocycles. The summed E-state index contributed by atoms with van der Waals surface area (Å²) in [6.45, 7) is 9.05. The van der Waals surface area contributed by atoms with Crippen molar-refractivity contribution >= 4 is 21.9 Å². The van der Waals surface area contributed by atoms with E-state index in [1.807, 2.05) is 45.9 Å². The van der Waals surface area contributed by atoms with Crippen LogP contribution in [-0.2, 0) is 10.0 Å². The topological polar surface area (TPSA) is 105 Å². The first kappa shape index (κ1) is 25.6. The molecule has 0 atom stereocenters. The van der Waals surface area contributed by atoms with E-state index in [1.165, 1.54) is 28.6 Å². The maximum absolute atomic E-state index is 13.1. The van der Waals surface area contributed by atoms with Crippen molar-refractivity contribution in [3.8, 4) is 11.5 Å². The van der Waals surface area contributed by atoms with Gasteiger partial charge >= 0.3 is 6.01 Å². The predicted molar refractivity (Wildman–Crippen MR) is 132 cm³/mol. The average Bonchev–Trinajstić information content (AvgIpc) is 3.29. The minimum atomic E-state index is -3.62. The lowest BCUT2D eigenvalue weighted by Gasteiger charge is -2.22. The van der Waals surface area contributed by atoms with E-state index >= 15 is 0 Å². The molecule has 0 fully saturated rings. The maximum Gasteiger partial charge on any atom is 0.322 e. The number of benzene rings is 2. The van der Waals surface area contributed by atoms with E-state index in [2.05, 4.69) is 15.5 Å². The summed E-state index contributed by atoms with van der Waals surface area (Å²) < 4.78 is 33.3. The number of sulfonamides is 1. The molecule has 0 radical (unpaired) electrons. The Balaban J connectivity index is 1.71. The first-order chi connectivity index (χ1) is 16.3. The largest absolute Gasteiger partial charge is 0.403 e. The van der Waals surface area contributed by atoms with Crippen LogP contribution in [0.4, 0.5) is 6.01 Å². The Morgan fingerprint density at radius 3 is 2.18 bits per heavy atom. The lowest BCUT2D eigenvalue weighted by atomic mass is 10.1. The Hall–Kier alpha value is -3.04. The third-order valence-corrected chi connectivity index (χ3v) is 7.59. The normalized spacial score (nSPS) is 11.7. The fourth-order valence-corrected chi connectivity index (χ4v) is 4.90. The van der Waals surface area contributed by atoms with Crippen LogP contribution in [0, 0.1) is 13.8 Å². The Morgan fingerprint density at radius 1 is 0.941 bits per heavy atom. The number of hydrogen-bond acceptors (Lipinski definition) is 6. The number of carbonyl (C=O) groups is 1. The molecule has 0 bridgehead atoms. The van der Waals surface area contributed by atoms with Crippen LogP contribution in [0.25, 0.3) is 11.5 Å². The number of hydrogen-bond donors (Lipinski definition) is 1. The van der Waals surface area contributed by atoms with Crippen molar-refractivity contribution in [2.24, 2.45) is 0 Å². The molecule has 1 N–H and O–H groups in total. The lowest BCUT2D eigenvalue weighted by Crippen LogP contribution is -2.33. The number of amides is 1. The minimum absolute atomic E-state index is 0.0276. The second kappa shape index (κ2) is 11.4.